The molecule has 41 heavy (non-hydrogen) atoms. The molecule has 0 spiro atoms. The van der Waals surface area contributed by atoms with E-state index in [0.29, 0.717) is 16.9 Å². The first kappa shape index (κ1) is 28.0. The molecular formula is C21H25FN9O8PS. The van der Waals surface area contributed by atoms with Crippen molar-refractivity contribution < 1.29 is 38.0 Å². The van der Waals surface area contributed by atoms with E-state index in [1.165, 1.54) is 10.9 Å². The molecule has 8 atom stereocenters. The first-order chi connectivity index (χ1) is 19.6. The minimum Gasteiger partial charge on any atom is -0.394 e. The Balaban J connectivity index is 1.17. The summed E-state index contributed by atoms with van der Waals surface area (Å²) in [4.78, 5) is 41.5. The average molecular weight is 614 g/mol. The first-order valence-corrected chi connectivity index (χ1v) is 14.8. The summed E-state index contributed by atoms with van der Waals surface area (Å²) in [5.74, 6) is 0.0759. The summed E-state index contributed by atoms with van der Waals surface area (Å²) in [5.41, 5.74) is 11.3. The number of rotatable bonds is 8. The van der Waals surface area contributed by atoms with Crippen molar-refractivity contribution in [1.29, 1.82) is 0 Å². The second kappa shape index (κ2) is 10.6. The average Bonchev–Trinajstić information content (AvgIpc) is 3.69. The fourth-order valence-electron chi connectivity index (χ4n) is 4.92. The summed E-state index contributed by atoms with van der Waals surface area (Å²) in [6, 6.07) is 1.72. The molecule has 6 rings (SSSR count). The van der Waals surface area contributed by atoms with Crippen LogP contribution in [0, 0.1) is 0 Å². The number of anilines is 2. The molecule has 8 N–H and O–H groups in total. The quantitative estimate of drug-likeness (QED) is 0.134. The van der Waals surface area contributed by atoms with E-state index in [0.717, 1.165) is 6.33 Å². The number of nitrogens with one attached hydrogen (secondary N) is 1. The fraction of sp³-hybridized carbons (Fsp3) is 0.476. The van der Waals surface area contributed by atoms with E-state index in [2.05, 4.69) is 24.9 Å². The normalized spacial score (nSPS) is 29.9. The van der Waals surface area contributed by atoms with Gasteiger partial charge in [-0.2, -0.15) is 4.98 Å². The number of aromatic amines is 1. The molecule has 17 nitrogen and oxygen atoms in total. The fourth-order valence-corrected chi connectivity index (χ4v) is 6.32. The number of aliphatic hydroxyl groups excluding tert-OH is 2. The maximum Gasteiger partial charge on any atom is 0.325 e. The molecule has 2 aliphatic rings. The Morgan fingerprint density at radius 2 is 2.02 bits per heavy atom. The van der Waals surface area contributed by atoms with Crippen LogP contribution in [0.4, 0.5) is 16.2 Å². The van der Waals surface area contributed by atoms with Gasteiger partial charge in [0.25, 0.3) is 5.56 Å². The van der Waals surface area contributed by atoms with Crippen molar-refractivity contribution in [3.05, 3.63) is 35.3 Å². The SMILES string of the molecule is Nc1nc2c(ncn2[C@@H]2O[C@H](CO)[C@@H](F)[C@H]2OP(O)(=S)OC[C@H]2O[C@@H](n3ccc4c(N)ncnc43)C[C@@H]2O)c(=O)[nH]1. The minimum absolute atomic E-state index is 0.0408. The number of aromatic nitrogens is 7. The number of imidazole rings is 1. The minimum atomic E-state index is -4.19. The van der Waals surface area contributed by atoms with Crippen LogP contribution in [0.2, 0.25) is 0 Å². The van der Waals surface area contributed by atoms with Gasteiger partial charge in [-0.1, -0.05) is 0 Å². The highest BCUT2D eigenvalue weighted by atomic mass is 32.5. The van der Waals surface area contributed by atoms with Crippen molar-refractivity contribution in [2.45, 2.75) is 49.5 Å². The van der Waals surface area contributed by atoms with Crippen molar-refractivity contribution in [2.75, 3.05) is 24.7 Å². The maximum atomic E-state index is 15.3. The van der Waals surface area contributed by atoms with Gasteiger partial charge in [0.15, 0.2) is 23.6 Å². The summed E-state index contributed by atoms with van der Waals surface area (Å²) in [6.07, 6.45) is -4.48. The molecule has 4 aromatic heterocycles. The number of nitrogens with zero attached hydrogens (tertiary/aromatic N) is 6. The number of nitrogens with two attached hydrogens (primary N) is 2. The van der Waals surface area contributed by atoms with E-state index in [-0.39, 0.29) is 30.1 Å². The van der Waals surface area contributed by atoms with Crippen molar-refractivity contribution in [3.8, 4) is 0 Å². The van der Waals surface area contributed by atoms with E-state index in [4.69, 9.17) is 41.8 Å². The largest absolute Gasteiger partial charge is 0.394 e. The highest BCUT2D eigenvalue weighted by Crippen LogP contribution is 2.51. The zero-order valence-electron chi connectivity index (χ0n) is 20.9. The molecule has 20 heteroatoms. The number of ether oxygens (including phenoxy) is 2. The lowest BCUT2D eigenvalue weighted by Crippen LogP contribution is -2.32. The van der Waals surface area contributed by atoms with Crippen LogP contribution >= 0.6 is 6.72 Å². The molecule has 2 fully saturated rings. The predicted octanol–water partition coefficient (Wildman–Crippen LogP) is -0.776. The molecule has 0 bridgehead atoms. The molecule has 6 heterocycles. The Kier molecular flexibility index (Phi) is 7.25. The lowest BCUT2D eigenvalue weighted by Gasteiger charge is -2.26. The summed E-state index contributed by atoms with van der Waals surface area (Å²) < 4.78 is 40.7. The Morgan fingerprint density at radius 1 is 1.22 bits per heavy atom. The van der Waals surface area contributed by atoms with E-state index < -0.39 is 61.9 Å². The third kappa shape index (κ3) is 5.09. The van der Waals surface area contributed by atoms with E-state index in [1.54, 1.807) is 16.8 Å². The number of hydrogen-bond donors (Lipinski definition) is 6. The van der Waals surface area contributed by atoms with Gasteiger partial charge in [0.1, 0.15) is 42.3 Å². The zero-order chi connectivity index (χ0) is 29.1. The molecule has 0 saturated carbocycles. The molecule has 2 aliphatic heterocycles. The molecule has 0 radical (unpaired) electrons. The van der Waals surface area contributed by atoms with E-state index >= 15 is 4.39 Å². The Hall–Kier alpha value is -3.13. The Morgan fingerprint density at radius 3 is 2.80 bits per heavy atom. The molecule has 220 valence electrons. The highest BCUT2D eigenvalue weighted by Gasteiger charge is 2.50. The van der Waals surface area contributed by atoms with Gasteiger partial charge in [0, 0.05) is 12.6 Å². The standard InChI is InChI=1S/C21H25FN9O8PS/c22-13-10(4-32)38-20(31-7-27-14-18(31)28-21(24)29-19(14)34)15(13)39-40(35,41)36-5-11-9(33)3-12(37-11)30-2-1-8-16(23)25-6-26-17(8)30/h1-2,6-7,9-13,15,20,32-33H,3-5H2,(H,35,41)(H2,23,25,26)(H3,24,28,29,34)/t9-,10+,11+,12+,13+,15+,20+,40?/m0/s1. The first-order valence-electron chi connectivity index (χ1n) is 12.3. The van der Waals surface area contributed by atoms with Gasteiger partial charge in [0.2, 0.25) is 5.95 Å². The second-order valence-corrected chi connectivity index (χ2v) is 12.2. The second-order valence-electron chi connectivity index (χ2n) is 9.45. The number of nitrogen functional groups attached to an aromatic ring is 2. The summed E-state index contributed by atoms with van der Waals surface area (Å²) in [6.45, 7) is -5.29. The molecule has 0 aromatic carbocycles. The van der Waals surface area contributed by atoms with E-state index in [1.807, 2.05) is 0 Å². The number of hydrogen-bond acceptors (Lipinski definition) is 14. The van der Waals surface area contributed by atoms with Crippen molar-refractivity contribution in [2.24, 2.45) is 0 Å². The molecule has 4 aromatic rings. The van der Waals surface area contributed by atoms with Crippen LogP contribution in [0.5, 0.6) is 0 Å². The number of H-pyrrole nitrogens is 1. The molecule has 2 saturated heterocycles. The summed E-state index contributed by atoms with van der Waals surface area (Å²) in [7, 11) is 0. The Labute approximate surface area is 234 Å². The molecule has 0 amide bonds. The highest BCUT2D eigenvalue weighted by molar-refractivity contribution is 8.07. The predicted molar refractivity (Wildman–Crippen MR) is 142 cm³/mol. The van der Waals surface area contributed by atoms with Gasteiger partial charge in [-0.25, -0.2) is 19.3 Å². The topological polar surface area (TPSA) is 244 Å². The summed E-state index contributed by atoms with van der Waals surface area (Å²) in [5, 5.41) is 20.8. The molecule has 1 unspecified atom stereocenters. The van der Waals surface area contributed by atoms with Crippen LogP contribution in [0.25, 0.3) is 22.2 Å². The maximum absolute atomic E-state index is 15.3. The number of alkyl halides is 1. The van der Waals surface area contributed by atoms with Crippen LogP contribution in [-0.4, -0.2) is 93.0 Å². The van der Waals surface area contributed by atoms with Gasteiger partial charge in [-0.15, -0.1) is 0 Å². The van der Waals surface area contributed by atoms with Crippen LogP contribution < -0.4 is 17.0 Å². The van der Waals surface area contributed by atoms with E-state index in [9.17, 15) is 19.9 Å². The van der Waals surface area contributed by atoms with Gasteiger partial charge in [-0.05, 0) is 17.9 Å². The molecule has 0 aliphatic carbocycles. The molecular weight excluding hydrogens is 588 g/mol. The van der Waals surface area contributed by atoms with Crippen LogP contribution in [0.15, 0.2) is 29.7 Å². The third-order valence-electron chi connectivity index (χ3n) is 6.88. The smallest absolute Gasteiger partial charge is 0.325 e. The lowest BCUT2D eigenvalue weighted by atomic mass is 10.1. The zero-order valence-corrected chi connectivity index (χ0v) is 22.6. The van der Waals surface area contributed by atoms with Gasteiger partial charge in [0.05, 0.1) is 31.0 Å². The number of fused-ring (bicyclic) bond motifs is 2. The monoisotopic (exact) mass is 613 g/mol. The van der Waals surface area contributed by atoms with Crippen LogP contribution in [-0.2, 0) is 30.3 Å². The Bertz CT molecular complexity index is 1700. The van der Waals surface area contributed by atoms with Crippen molar-refractivity contribution in [3.63, 3.8) is 0 Å². The van der Waals surface area contributed by atoms with Crippen molar-refractivity contribution in [1.82, 2.24) is 34.1 Å². The van der Waals surface area contributed by atoms with Gasteiger partial charge < -0.3 is 45.1 Å². The van der Waals surface area contributed by atoms with Crippen molar-refractivity contribution >= 4 is 52.5 Å². The van der Waals surface area contributed by atoms with Crippen LogP contribution in [0.1, 0.15) is 18.9 Å². The number of halogens is 1. The third-order valence-corrected chi connectivity index (χ3v) is 8.44. The number of aliphatic hydroxyl groups is 2. The summed E-state index contributed by atoms with van der Waals surface area (Å²) >= 11 is 5.14. The van der Waals surface area contributed by atoms with Gasteiger partial charge >= 0.3 is 6.72 Å². The van der Waals surface area contributed by atoms with Crippen LogP contribution in [0.3, 0.4) is 0 Å². The van der Waals surface area contributed by atoms with Gasteiger partial charge in [-0.3, -0.25) is 18.9 Å². The lowest BCUT2D eigenvalue weighted by molar-refractivity contribution is -0.0544.